The van der Waals surface area contributed by atoms with Crippen LogP contribution in [0, 0.1) is 0 Å². The summed E-state index contributed by atoms with van der Waals surface area (Å²) in [6.07, 6.45) is 0. The molecule has 9 heteroatoms. The fourth-order valence-corrected chi connectivity index (χ4v) is 4.20. The number of carbonyl (C=O) groups is 1. The number of methoxy groups -OCH3 is 1. The van der Waals surface area contributed by atoms with Gasteiger partial charge in [-0.25, -0.2) is 0 Å². The summed E-state index contributed by atoms with van der Waals surface area (Å²) in [4.78, 5) is 12.6. The summed E-state index contributed by atoms with van der Waals surface area (Å²) in [7, 11) is 1.57. The zero-order valence-electron chi connectivity index (χ0n) is 19.6. The molecule has 2 N–H and O–H groups in total. The average molecular weight is 490 g/mol. The Labute approximate surface area is 208 Å². The lowest BCUT2D eigenvalue weighted by Gasteiger charge is -2.12. The van der Waals surface area contributed by atoms with Crippen molar-refractivity contribution in [2.24, 2.45) is 0 Å². The summed E-state index contributed by atoms with van der Waals surface area (Å²) < 4.78 is 12.8. The summed E-state index contributed by atoms with van der Waals surface area (Å²) in [5.41, 5.74) is 2.50. The predicted molar refractivity (Wildman–Crippen MR) is 139 cm³/mol. The first-order chi connectivity index (χ1) is 17.2. The van der Waals surface area contributed by atoms with Gasteiger partial charge in [-0.2, -0.15) is 0 Å². The first-order valence-corrected chi connectivity index (χ1v) is 12.2. The van der Waals surface area contributed by atoms with E-state index in [1.165, 1.54) is 11.8 Å². The number of carbonyl (C=O) groups excluding carboxylic acids is 1. The smallest absolute Gasteiger partial charge is 0.234 e. The van der Waals surface area contributed by atoms with Crippen molar-refractivity contribution in [2.45, 2.75) is 18.6 Å². The molecule has 0 atom stereocenters. The molecule has 1 amide bonds. The minimum Gasteiger partial charge on any atom is -0.495 e. The Balaban J connectivity index is 1.47. The highest BCUT2D eigenvalue weighted by Gasteiger charge is 2.16. The lowest BCUT2D eigenvalue weighted by atomic mass is 10.3. The van der Waals surface area contributed by atoms with E-state index in [0.717, 1.165) is 22.9 Å². The van der Waals surface area contributed by atoms with Crippen LogP contribution in [0.5, 0.6) is 11.5 Å². The monoisotopic (exact) mass is 489 g/mol. The summed E-state index contributed by atoms with van der Waals surface area (Å²) in [6.45, 7) is 3.05. The van der Waals surface area contributed by atoms with E-state index >= 15 is 0 Å². The molecule has 3 aromatic carbocycles. The number of rotatable bonds is 11. The molecule has 0 saturated heterocycles. The van der Waals surface area contributed by atoms with Crippen LogP contribution >= 0.6 is 11.8 Å². The van der Waals surface area contributed by atoms with Crippen LogP contribution in [0.1, 0.15) is 12.7 Å². The second-order valence-electron chi connectivity index (χ2n) is 7.42. The quantitative estimate of drug-likeness (QED) is 0.286. The van der Waals surface area contributed by atoms with Gasteiger partial charge in [0.05, 0.1) is 31.7 Å². The van der Waals surface area contributed by atoms with Gasteiger partial charge >= 0.3 is 0 Å². The Morgan fingerprint density at radius 1 is 0.971 bits per heavy atom. The molecule has 0 unspecified atom stereocenters. The molecule has 35 heavy (non-hydrogen) atoms. The van der Waals surface area contributed by atoms with Crippen molar-refractivity contribution >= 4 is 29.0 Å². The molecule has 0 aliphatic heterocycles. The fourth-order valence-electron chi connectivity index (χ4n) is 3.43. The molecule has 4 rings (SSSR count). The van der Waals surface area contributed by atoms with E-state index in [1.807, 2.05) is 78.2 Å². The van der Waals surface area contributed by atoms with Gasteiger partial charge in [0.2, 0.25) is 5.91 Å². The zero-order valence-corrected chi connectivity index (χ0v) is 20.4. The first-order valence-electron chi connectivity index (χ1n) is 11.2. The molecule has 8 nitrogen and oxygen atoms in total. The number of nitrogens with one attached hydrogen (secondary N) is 2. The van der Waals surface area contributed by atoms with E-state index in [2.05, 4.69) is 20.8 Å². The third-order valence-corrected chi connectivity index (χ3v) is 5.97. The van der Waals surface area contributed by atoms with E-state index < -0.39 is 0 Å². The van der Waals surface area contributed by atoms with Gasteiger partial charge in [-0.05, 0) is 55.5 Å². The van der Waals surface area contributed by atoms with Gasteiger partial charge in [0.1, 0.15) is 11.5 Å². The third kappa shape index (κ3) is 6.33. The number of ether oxygens (including phenoxy) is 2. The van der Waals surface area contributed by atoms with Crippen molar-refractivity contribution in [1.29, 1.82) is 0 Å². The number of para-hydroxylation sites is 3. The van der Waals surface area contributed by atoms with Crippen LogP contribution in [0.25, 0.3) is 5.69 Å². The van der Waals surface area contributed by atoms with Gasteiger partial charge in [-0.15, -0.1) is 10.2 Å². The molecule has 0 spiro atoms. The highest BCUT2D eigenvalue weighted by Crippen LogP contribution is 2.26. The largest absolute Gasteiger partial charge is 0.495 e. The van der Waals surface area contributed by atoms with Crippen molar-refractivity contribution in [2.75, 3.05) is 30.1 Å². The summed E-state index contributed by atoms with van der Waals surface area (Å²) in [5, 5.41) is 15.7. The number of benzene rings is 3. The van der Waals surface area contributed by atoms with E-state index in [1.54, 1.807) is 19.2 Å². The molecular weight excluding hydrogens is 462 g/mol. The topological polar surface area (TPSA) is 90.3 Å². The van der Waals surface area contributed by atoms with Crippen molar-refractivity contribution < 1.29 is 14.3 Å². The van der Waals surface area contributed by atoms with Crippen LogP contribution in [0.2, 0.25) is 0 Å². The van der Waals surface area contributed by atoms with Gasteiger partial charge in [0, 0.05) is 11.4 Å². The molecule has 0 radical (unpaired) electrons. The number of anilines is 2. The number of nitrogens with zero attached hydrogens (tertiary/aromatic N) is 3. The lowest BCUT2D eigenvalue weighted by Crippen LogP contribution is -2.15. The first kappa shape index (κ1) is 24.2. The van der Waals surface area contributed by atoms with Crippen LogP contribution < -0.4 is 20.1 Å². The molecule has 1 heterocycles. The van der Waals surface area contributed by atoms with E-state index in [0.29, 0.717) is 29.7 Å². The minimum absolute atomic E-state index is 0.156. The third-order valence-electron chi connectivity index (χ3n) is 5.04. The SMILES string of the molecule is CCOc1ccc(NCc2nnc(SCC(=O)Nc3ccccc3OC)n2-c2ccccc2)cc1. The van der Waals surface area contributed by atoms with Gasteiger partial charge in [0.15, 0.2) is 11.0 Å². The number of hydrogen-bond donors (Lipinski definition) is 2. The second kappa shape index (κ2) is 11.9. The number of thioether (sulfide) groups is 1. The van der Waals surface area contributed by atoms with Crippen molar-refractivity contribution in [3.05, 3.63) is 84.7 Å². The Hall–Kier alpha value is -3.98. The number of aromatic nitrogens is 3. The Morgan fingerprint density at radius 2 is 1.71 bits per heavy atom. The van der Waals surface area contributed by atoms with Crippen LogP contribution in [-0.2, 0) is 11.3 Å². The minimum atomic E-state index is -0.156. The predicted octanol–water partition coefficient (Wildman–Crippen LogP) is 5.02. The Bertz CT molecular complexity index is 1250. The summed E-state index contributed by atoms with van der Waals surface area (Å²) >= 11 is 1.32. The van der Waals surface area contributed by atoms with E-state index in [9.17, 15) is 4.79 Å². The normalized spacial score (nSPS) is 10.6. The molecule has 1 aromatic heterocycles. The molecule has 4 aromatic rings. The zero-order chi connectivity index (χ0) is 24.5. The van der Waals surface area contributed by atoms with Gasteiger partial charge in [-0.3, -0.25) is 9.36 Å². The molecule has 0 fully saturated rings. The number of amides is 1. The maximum atomic E-state index is 12.6. The van der Waals surface area contributed by atoms with Crippen LogP contribution in [-0.4, -0.2) is 40.1 Å². The molecule has 180 valence electrons. The lowest BCUT2D eigenvalue weighted by molar-refractivity contribution is -0.113. The van der Waals surface area contributed by atoms with Gasteiger partial charge < -0.3 is 20.1 Å². The van der Waals surface area contributed by atoms with E-state index in [4.69, 9.17) is 9.47 Å². The fraction of sp³-hybridized carbons (Fsp3) is 0.192. The molecule has 0 aliphatic carbocycles. The Morgan fingerprint density at radius 3 is 2.46 bits per heavy atom. The van der Waals surface area contributed by atoms with Crippen molar-refractivity contribution in [3.63, 3.8) is 0 Å². The molecule has 0 bridgehead atoms. The molecule has 0 saturated carbocycles. The number of hydrogen-bond acceptors (Lipinski definition) is 7. The summed E-state index contributed by atoms with van der Waals surface area (Å²) in [5.74, 6) is 2.19. The maximum Gasteiger partial charge on any atom is 0.234 e. The molecule has 0 aliphatic rings. The van der Waals surface area contributed by atoms with Crippen molar-refractivity contribution in [1.82, 2.24) is 14.8 Å². The highest BCUT2D eigenvalue weighted by atomic mass is 32.2. The summed E-state index contributed by atoms with van der Waals surface area (Å²) in [6, 6.07) is 24.9. The molecular formula is C26H27N5O3S. The standard InChI is InChI=1S/C26H27N5O3S/c1-3-34-21-15-13-19(14-16-21)27-17-24-29-30-26(31(24)20-9-5-4-6-10-20)35-18-25(32)28-22-11-7-8-12-23(22)33-2/h4-16,27H,3,17-18H2,1-2H3,(H,28,32). The second-order valence-corrected chi connectivity index (χ2v) is 8.36. The highest BCUT2D eigenvalue weighted by molar-refractivity contribution is 7.99. The van der Waals surface area contributed by atoms with Crippen LogP contribution in [0.3, 0.4) is 0 Å². The van der Waals surface area contributed by atoms with E-state index in [-0.39, 0.29) is 11.7 Å². The van der Waals surface area contributed by atoms with Crippen molar-refractivity contribution in [3.8, 4) is 17.2 Å². The van der Waals surface area contributed by atoms with Crippen LogP contribution in [0.15, 0.2) is 84.0 Å². The Kier molecular flexibility index (Phi) is 8.24. The van der Waals surface area contributed by atoms with Crippen LogP contribution in [0.4, 0.5) is 11.4 Å². The van der Waals surface area contributed by atoms with Gasteiger partial charge in [-0.1, -0.05) is 42.1 Å². The maximum absolute atomic E-state index is 12.6. The van der Waals surface area contributed by atoms with Gasteiger partial charge in [0.25, 0.3) is 0 Å². The average Bonchev–Trinajstić information content (AvgIpc) is 3.31.